The molecular formula is C21H20ClNO3. The smallest absolute Gasteiger partial charge is 0.347 e. The lowest BCUT2D eigenvalue weighted by atomic mass is 9.97. The van der Waals surface area contributed by atoms with Crippen LogP contribution in [0.3, 0.4) is 0 Å². The second-order valence-electron chi connectivity index (χ2n) is 6.00. The second-order valence-corrected chi connectivity index (χ2v) is 6.36. The Hall–Kier alpha value is -2.59. The third-order valence-corrected chi connectivity index (χ3v) is 4.48. The van der Waals surface area contributed by atoms with Crippen molar-refractivity contribution in [1.29, 1.82) is 0 Å². The average Bonchev–Trinajstić information content (AvgIpc) is 2.63. The summed E-state index contributed by atoms with van der Waals surface area (Å²) in [5.74, 6) is 0.147. The van der Waals surface area contributed by atoms with Crippen molar-refractivity contribution in [1.82, 2.24) is 4.98 Å². The number of fused-ring (bicyclic) bond motifs is 1. The lowest BCUT2D eigenvalue weighted by Gasteiger charge is -2.15. The van der Waals surface area contributed by atoms with Gasteiger partial charge in [-0.05, 0) is 55.5 Å². The maximum Gasteiger partial charge on any atom is 0.347 e. The number of halogens is 1. The molecular weight excluding hydrogens is 350 g/mol. The fourth-order valence-electron chi connectivity index (χ4n) is 2.86. The summed E-state index contributed by atoms with van der Waals surface area (Å²) in [7, 11) is 0. The van der Waals surface area contributed by atoms with Gasteiger partial charge in [-0.1, -0.05) is 35.9 Å². The summed E-state index contributed by atoms with van der Waals surface area (Å²) in [6.07, 6.45) is 1.09. The van der Waals surface area contributed by atoms with E-state index in [1.54, 1.807) is 20.0 Å². The van der Waals surface area contributed by atoms with E-state index < -0.39 is 12.1 Å². The van der Waals surface area contributed by atoms with Crippen molar-refractivity contribution in [3.05, 3.63) is 59.4 Å². The highest BCUT2D eigenvalue weighted by atomic mass is 35.5. The molecule has 4 nitrogen and oxygen atoms in total. The van der Waals surface area contributed by atoms with Crippen LogP contribution in [0.2, 0.25) is 5.15 Å². The Labute approximate surface area is 157 Å². The van der Waals surface area contributed by atoms with Gasteiger partial charge in [-0.15, -0.1) is 0 Å². The molecule has 0 radical (unpaired) electrons. The largest absolute Gasteiger partial charge is 0.479 e. The number of nitrogens with zero attached hydrogens (tertiary/aromatic N) is 1. The Kier molecular flexibility index (Phi) is 5.43. The maximum absolute atomic E-state index is 11.8. The van der Waals surface area contributed by atoms with Crippen molar-refractivity contribution in [3.63, 3.8) is 0 Å². The van der Waals surface area contributed by atoms with Gasteiger partial charge in [0.05, 0.1) is 6.61 Å². The quantitative estimate of drug-likeness (QED) is 0.458. The number of ether oxygens (including phenoxy) is 2. The molecule has 5 heteroatoms. The predicted molar refractivity (Wildman–Crippen MR) is 104 cm³/mol. The van der Waals surface area contributed by atoms with Crippen LogP contribution < -0.4 is 4.74 Å². The Balaban J connectivity index is 2.02. The third-order valence-electron chi connectivity index (χ3n) is 4.18. The van der Waals surface area contributed by atoms with Gasteiger partial charge in [0.15, 0.2) is 6.10 Å². The van der Waals surface area contributed by atoms with Crippen LogP contribution in [-0.4, -0.2) is 23.7 Å². The van der Waals surface area contributed by atoms with E-state index in [-0.39, 0.29) is 0 Å². The Morgan fingerprint density at radius 2 is 1.92 bits per heavy atom. The van der Waals surface area contributed by atoms with Gasteiger partial charge in [0.1, 0.15) is 10.9 Å². The first-order valence-corrected chi connectivity index (χ1v) is 8.86. The van der Waals surface area contributed by atoms with Gasteiger partial charge in [-0.3, -0.25) is 0 Å². The van der Waals surface area contributed by atoms with Crippen molar-refractivity contribution >= 4 is 28.3 Å². The van der Waals surface area contributed by atoms with Crippen molar-refractivity contribution in [3.8, 4) is 16.9 Å². The number of hydrogen-bond donors (Lipinski definition) is 0. The number of esters is 1. The average molecular weight is 370 g/mol. The summed E-state index contributed by atoms with van der Waals surface area (Å²) >= 11 is 6.32. The highest BCUT2D eigenvalue weighted by molar-refractivity contribution is 6.34. The summed E-state index contributed by atoms with van der Waals surface area (Å²) in [6, 6.07) is 13.7. The molecule has 134 valence electrons. The minimum Gasteiger partial charge on any atom is -0.479 e. The molecule has 1 heterocycles. The van der Waals surface area contributed by atoms with Crippen LogP contribution in [0.5, 0.6) is 5.75 Å². The van der Waals surface area contributed by atoms with E-state index >= 15 is 0 Å². The second kappa shape index (κ2) is 7.75. The predicted octanol–water partition coefficient (Wildman–Crippen LogP) is 5.19. The standard InChI is InChI=1S/C21H20ClNO3/c1-4-25-21(24)14(3)26-15-9-10-17-18(11-15)20(22)23-12-19(17)16-8-6-5-7-13(16)2/h5-12,14H,4H2,1-3H3. The van der Waals surface area contributed by atoms with Crippen molar-refractivity contribution in [2.45, 2.75) is 26.9 Å². The molecule has 0 fully saturated rings. The van der Waals surface area contributed by atoms with Gasteiger partial charge in [-0.2, -0.15) is 0 Å². The van der Waals surface area contributed by atoms with Crippen molar-refractivity contribution < 1.29 is 14.3 Å². The first-order valence-electron chi connectivity index (χ1n) is 8.48. The molecule has 0 saturated carbocycles. The molecule has 0 saturated heterocycles. The summed E-state index contributed by atoms with van der Waals surface area (Å²) in [6.45, 7) is 5.80. The van der Waals surface area contributed by atoms with E-state index in [0.29, 0.717) is 17.5 Å². The lowest BCUT2D eigenvalue weighted by Crippen LogP contribution is -2.26. The minimum atomic E-state index is -0.696. The van der Waals surface area contributed by atoms with E-state index in [2.05, 4.69) is 24.0 Å². The SMILES string of the molecule is CCOC(=O)C(C)Oc1ccc2c(-c3ccccc3C)cnc(Cl)c2c1. The summed E-state index contributed by atoms with van der Waals surface area (Å²) in [4.78, 5) is 16.1. The number of hydrogen-bond acceptors (Lipinski definition) is 4. The number of aryl methyl sites for hydroxylation is 1. The van der Waals surface area contributed by atoms with E-state index in [1.165, 1.54) is 0 Å². The maximum atomic E-state index is 11.8. The van der Waals surface area contributed by atoms with E-state index in [9.17, 15) is 4.79 Å². The van der Waals surface area contributed by atoms with Crippen molar-refractivity contribution in [2.24, 2.45) is 0 Å². The van der Waals surface area contributed by atoms with E-state index in [0.717, 1.165) is 27.5 Å². The van der Waals surface area contributed by atoms with Gasteiger partial charge in [0.2, 0.25) is 0 Å². The molecule has 0 aliphatic rings. The molecule has 1 unspecified atom stereocenters. The topological polar surface area (TPSA) is 48.4 Å². The molecule has 26 heavy (non-hydrogen) atoms. The van der Waals surface area contributed by atoms with Crippen LogP contribution in [0.25, 0.3) is 21.9 Å². The summed E-state index contributed by atoms with van der Waals surface area (Å²) in [5, 5.41) is 2.16. The molecule has 0 bridgehead atoms. The molecule has 0 N–H and O–H groups in total. The number of pyridine rings is 1. The lowest BCUT2D eigenvalue weighted by molar-refractivity contribution is -0.150. The normalized spacial score (nSPS) is 12.0. The molecule has 3 aromatic rings. The number of carbonyl (C=O) groups excluding carboxylic acids is 1. The molecule has 0 aliphatic carbocycles. The zero-order valence-corrected chi connectivity index (χ0v) is 15.7. The zero-order chi connectivity index (χ0) is 18.7. The van der Waals surface area contributed by atoms with Crippen LogP contribution in [0.15, 0.2) is 48.7 Å². The van der Waals surface area contributed by atoms with Gasteiger partial charge in [-0.25, -0.2) is 9.78 Å². The first-order chi connectivity index (χ1) is 12.5. The van der Waals surface area contributed by atoms with Crippen LogP contribution in [0.1, 0.15) is 19.4 Å². The number of rotatable bonds is 5. The fraction of sp³-hybridized carbons (Fsp3) is 0.238. The van der Waals surface area contributed by atoms with E-state index in [4.69, 9.17) is 21.1 Å². The van der Waals surface area contributed by atoms with Gasteiger partial charge >= 0.3 is 5.97 Å². The Morgan fingerprint density at radius 3 is 2.65 bits per heavy atom. The van der Waals surface area contributed by atoms with Gasteiger partial charge < -0.3 is 9.47 Å². The van der Waals surface area contributed by atoms with Crippen LogP contribution in [-0.2, 0) is 9.53 Å². The summed E-state index contributed by atoms with van der Waals surface area (Å²) < 4.78 is 10.7. The summed E-state index contributed by atoms with van der Waals surface area (Å²) in [5.41, 5.74) is 3.27. The monoisotopic (exact) mass is 369 g/mol. The Morgan fingerprint density at radius 1 is 1.15 bits per heavy atom. The number of carbonyl (C=O) groups is 1. The molecule has 0 amide bonds. The molecule has 3 rings (SSSR count). The fourth-order valence-corrected chi connectivity index (χ4v) is 3.07. The van der Waals surface area contributed by atoms with E-state index in [1.807, 2.05) is 30.3 Å². The third kappa shape index (κ3) is 3.65. The van der Waals surface area contributed by atoms with Crippen LogP contribution in [0, 0.1) is 6.92 Å². The molecule has 1 atom stereocenters. The Bertz CT molecular complexity index is 955. The van der Waals surface area contributed by atoms with Gasteiger partial charge in [0.25, 0.3) is 0 Å². The molecule has 2 aromatic carbocycles. The highest BCUT2D eigenvalue weighted by Gasteiger charge is 2.17. The van der Waals surface area contributed by atoms with Gasteiger partial charge in [0, 0.05) is 17.1 Å². The van der Waals surface area contributed by atoms with Crippen LogP contribution >= 0.6 is 11.6 Å². The minimum absolute atomic E-state index is 0.319. The zero-order valence-electron chi connectivity index (χ0n) is 15.0. The molecule has 1 aromatic heterocycles. The first kappa shape index (κ1) is 18.2. The van der Waals surface area contributed by atoms with Crippen LogP contribution in [0.4, 0.5) is 0 Å². The molecule has 0 aliphatic heterocycles. The molecule has 0 spiro atoms. The highest BCUT2D eigenvalue weighted by Crippen LogP contribution is 2.35. The van der Waals surface area contributed by atoms with Crippen molar-refractivity contribution in [2.75, 3.05) is 6.61 Å². The number of benzene rings is 2. The number of aromatic nitrogens is 1.